The molecule has 0 bridgehead atoms. The highest BCUT2D eigenvalue weighted by molar-refractivity contribution is 5.90. The first-order valence-electron chi connectivity index (χ1n) is 8.18. The number of anilines is 1. The minimum absolute atomic E-state index is 0.192. The van der Waals surface area contributed by atoms with E-state index in [2.05, 4.69) is 10.1 Å². The molecule has 1 aliphatic heterocycles. The van der Waals surface area contributed by atoms with Gasteiger partial charge in [0.25, 0.3) is 0 Å². The van der Waals surface area contributed by atoms with Gasteiger partial charge < -0.3 is 19.4 Å². The molecule has 1 N–H and O–H groups in total. The van der Waals surface area contributed by atoms with Gasteiger partial charge in [0.15, 0.2) is 0 Å². The van der Waals surface area contributed by atoms with Gasteiger partial charge in [-0.15, -0.1) is 0 Å². The van der Waals surface area contributed by atoms with Crippen molar-refractivity contribution < 1.29 is 28.2 Å². The molecule has 9 heteroatoms. The Morgan fingerprint density at radius 3 is 2.81 bits per heavy atom. The number of rotatable bonds is 5. The number of hydrogen-bond acceptors (Lipinski definition) is 5. The zero-order valence-electron chi connectivity index (χ0n) is 14.8. The van der Waals surface area contributed by atoms with Crippen LogP contribution in [0.4, 0.5) is 14.9 Å². The highest BCUT2D eigenvalue weighted by Gasteiger charge is 2.32. The third-order valence-corrected chi connectivity index (χ3v) is 4.09. The molecular formula is C18H18FN3O5. The summed E-state index contributed by atoms with van der Waals surface area (Å²) < 4.78 is 25.8. The molecule has 0 aliphatic carbocycles. The van der Waals surface area contributed by atoms with Gasteiger partial charge in [0.05, 0.1) is 37.1 Å². The summed E-state index contributed by atoms with van der Waals surface area (Å²) in [5, 5.41) is 2.58. The number of ether oxygens (including phenoxy) is 2. The van der Waals surface area contributed by atoms with Crippen LogP contribution in [-0.2, 0) is 14.3 Å². The number of halogens is 1. The van der Waals surface area contributed by atoms with Crippen LogP contribution in [0.25, 0.3) is 5.69 Å². The van der Waals surface area contributed by atoms with Gasteiger partial charge in [-0.2, -0.15) is 0 Å². The predicted octanol–water partition coefficient (Wildman–Crippen LogP) is 1.86. The maximum absolute atomic E-state index is 14.6. The second-order valence-corrected chi connectivity index (χ2v) is 5.99. The van der Waals surface area contributed by atoms with E-state index in [0.29, 0.717) is 11.3 Å². The molecule has 2 amide bonds. The molecule has 3 rings (SSSR count). The lowest BCUT2D eigenvalue weighted by atomic mass is 10.2. The van der Waals surface area contributed by atoms with E-state index in [-0.39, 0.29) is 24.7 Å². The fraction of sp³-hybridized carbons (Fsp3) is 0.278. The number of nitrogens with one attached hydrogen (secondary N) is 1. The quantitative estimate of drug-likeness (QED) is 0.806. The van der Waals surface area contributed by atoms with Gasteiger partial charge in [0.1, 0.15) is 11.9 Å². The number of aromatic nitrogens is 1. The molecule has 8 nitrogen and oxygen atoms in total. The van der Waals surface area contributed by atoms with Crippen molar-refractivity contribution in [3.05, 3.63) is 48.0 Å². The maximum Gasteiger partial charge on any atom is 0.414 e. The van der Waals surface area contributed by atoms with Crippen molar-refractivity contribution in [3.8, 4) is 5.69 Å². The zero-order chi connectivity index (χ0) is 19.6. The highest BCUT2D eigenvalue weighted by atomic mass is 19.1. The smallest absolute Gasteiger partial charge is 0.414 e. The van der Waals surface area contributed by atoms with E-state index in [1.807, 2.05) is 0 Å². The summed E-state index contributed by atoms with van der Waals surface area (Å²) in [6.45, 7) is 1.77. The lowest BCUT2D eigenvalue weighted by molar-refractivity contribution is -0.119. The number of carbonyl (C=O) groups excluding carboxylic acids is 3. The summed E-state index contributed by atoms with van der Waals surface area (Å²) in [6, 6.07) is 5.82. The van der Waals surface area contributed by atoms with E-state index in [1.54, 1.807) is 6.07 Å². The van der Waals surface area contributed by atoms with Crippen LogP contribution in [0.15, 0.2) is 36.7 Å². The summed E-state index contributed by atoms with van der Waals surface area (Å²) in [5.41, 5.74) is 0.855. The largest absolute Gasteiger partial charge is 0.465 e. The van der Waals surface area contributed by atoms with Crippen molar-refractivity contribution in [1.29, 1.82) is 0 Å². The van der Waals surface area contributed by atoms with Crippen molar-refractivity contribution in [3.63, 3.8) is 0 Å². The van der Waals surface area contributed by atoms with Crippen molar-refractivity contribution in [2.24, 2.45) is 0 Å². The van der Waals surface area contributed by atoms with E-state index in [9.17, 15) is 18.8 Å². The van der Waals surface area contributed by atoms with Gasteiger partial charge in [-0.1, -0.05) is 0 Å². The van der Waals surface area contributed by atoms with Crippen molar-refractivity contribution >= 4 is 23.7 Å². The molecule has 1 saturated heterocycles. The van der Waals surface area contributed by atoms with Crippen LogP contribution in [0.5, 0.6) is 0 Å². The first kappa shape index (κ1) is 18.4. The Hall–Kier alpha value is -3.36. The molecule has 1 aromatic heterocycles. The molecule has 142 valence electrons. The van der Waals surface area contributed by atoms with Crippen molar-refractivity contribution in [2.45, 2.75) is 13.0 Å². The van der Waals surface area contributed by atoms with E-state index in [0.717, 1.165) is 0 Å². The van der Waals surface area contributed by atoms with Crippen LogP contribution in [-0.4, -0.2) is 48.8 Å². The molecular weight excluding hydrogens is 357 g/mol. The summed E-state index contributed by atoms with van der Waals surface area (Å²) in [7, 11) is 1.27. The highest BCUT2D eigenvalue weighted by Crippen LogP contribution is 2.26. The van der Waals surface area contributed by atoms with Gasteiger partial charge in [-0.3, -0.25) is 9.69 Å². The molecule has 27 heavy (non-hydrogen) atoms. The third-order valence-electron chi connectivity index (χ3n) is 4.09. The SMILES string of the molecule is COC(=O)c1ccn(-c2ccc(N3CC(CNC(C)=O)OC3=O)cc2F)c1. The number of benzene rings is 1. The second kappa shape index (κ2) is 7.48. The Balaban J connectivity index is 1.77. The molecule has 1 fully saturated rings. The molecule has 0 saturated carbocycles. The first-order chi connectivity index (χ1) is 12.9. The molecule has 1 atom stereocenters. The summed E-state index contributed by atoms with van der Waals surface area (Å²) in [6.07, 6.45) is 1.89. The molecule has 1 aliphatic rings. The number of nitrogens with zero attached hydrogens (tertiary/aromatic N) is 2. The summed E-state index contributed by atoms with van der Waals surface area (Å²) in [4.78, 5) is 35.8. The Morgan fingerprint density at radius 2 is 2.15 bits per heavy atom. The number of esters is 1. The Labute approximate surface area is 154 Å². The zero-order valence-corrected chi connectivity index (χ0v) is 14.8. The fourth-order valence-electron chi connectivity index (χ4n) is 2.75. The number of hydrogen-bond donors (Lipinski definition) is 1. The van der Waals surface area contributed by atoms with E-state index >= 15 is 0 Å². The molecule has 0 spiro atoms. The lowest BCUT2D eigenvalue weighted by Crippen LogP contribution is -2.33. The standard InChI is InChI=1S/C18H18FN3O5/c1-11(23)20-8-14-10-22(18(25)27-14)13-3-4-16(15(19)7-13)21-6-5-12(9-21)17(24)26-2/h3-7,9,14H,8,10H2,1-2H3,(H,20,23). The Morgan fingerprint density at radius 1 is 1.37 bits per heavy atom. The molecule has 0 radical (unpaired) electrons. The number of amides is 2. The van der Waals surface area contributed by atoms with E-state index in [1.165, 1.54) is 54.1 Å². The molecule has 2 aromatic rings. The minimum Gasteiger partial charge on any atom is -0.465 e. The maximum atomic E-state index is 14.6. The summed E-state index contributed by atoms with van der Waals surface area (Å²) >= 11 is 0. The molecule has 2 heterocycles. The Kier molecular flexibility index (Phi) is 5.11. The van der Waals surface area contributed by atoms with Gasteiger partial charge in [0.2, 0.25) is 5.91 Å². The van der Waals surface area contributed by atoms with Gasteiger partial charge >= 0.3 is 12.1 Å². The number of carbonyl (C=O) groups is 3. The topological polar surface area (TPSA) is 89.9 Å². The predicted molar refractivity (Wildman–Crippen MR) is 93.4 cm³/mol. The van der Waals surface area contributed by atoms with Crippen molar-refractivity contribution in [1.82, 2.24) is 9.88 Å². The lowest BCUT2D eigenvalue weighted by Gasteiger charge is -2.14. The third kappa shape index (κ3) is 3.91. The van der Waals surface area contributed by atoms with Crippen LogP contribution in [0, 0.1) is 5.82 Å². The second-order valence-electron chi connectivity index (χ2n) is 5.99. The average Bonchev–Trinajstić information content (AvgIpc) is 3.26. The van der Waals surface area contributed by atoms with Gasteiger partial charge in [0, 0.05) is 19.3 Å². The fourth-order valence-corrected chi connectivity index (χ4v) is 2.75. The van der Waals surface area contributed by atoms with E-state index < -0.39 is 24.0 Å². The van der Waals surface area contributed by atoms with Crippen LogP contribution in [0.3, 0.4) is 0 Å². The van der Waals surface area contributed by atoms with Crippen LogP contribution in [0.2, 0.25) is 0 Å². The summed E-state index contributed by atoms with van der Waals surface area (Å²) in [5.74, 6) is -1.31. The molecule has 1 aromatic carbocycles. The Bertz CT molecular complexity index is 895. The van der Waals surface area contributed by atoms with Crippen LogP contribution in [0.1, 0.15) is 17.3 Å². The van der Waals surface area contributed by atoms with Crippen LogP contribution >= 0.6 is 0 Å². The normalized spacial score (nSPS) is 16.2. The van der Waals surface area contributed by atoms with Crippen molar-refractivity contribution in [2.75, 3.05) is 25.1 Å². The van der Waals surface area contributed by atoms with Gasteiger partial charge in [-0.25, -0.2) is 14.0 Å². The van der Waals surface area contributed by atoms with Crippen LogP contribution < -0.4 is 10.2 Å². The minimum atomic E-state index is -0.605. The van der Waals surface area contributed by atoms with Gasteiger partial charge in [-0.05, 0) is 24.3 Å². The van der Waals surface area contributed by atoms with E-state index in [4.69, 9.17) is 4.74 Å². The number of cyclic esters (lactones) is 1. The molecule has 1 unspecified atom stereocenters. The average molecular weight is 375 g/mol. The first-order valence-corrected chi connectivity index (χ1v) is 8.18. The number of methoxy groups -OCH3 is 1. The monoisotopic (exact) mass is 375 g/mol.